The minimum atomic E-state index is -1.00. The molecule has 5 heteroatoms. The second-order valence-electron chi connectivity index (χ2n) is 3.48. The average Bonchev–Trinajstić information content (AvgIpc) is 2.36. The van der Waals surface area contributed by atoms with E-state index in [2.05, 4.69) is 15.9 Å². The van der Waals surface area contributed by atoms with Crippen molar-refractivity contribution in [2.45, 2.75) is 0 Å². The maximum absolute atomic E-state index is 13.0. The van der Waals surface area contributed by atoms with Gasteiger partial charge in [0, 0.05) is 10.5 Å². The van der Waals surface area contributed by atoms with E-state index >= 15 is 0 Å². The maximum atomic E-state index is 13.0. The van der Waals surface area contributed by atoms with Crippen LogP contribution in [0.1, 0.15) is 10.4 Å². The molecule has 0 aliphatic carbocycles. The Hall–Kier alpha value is -1.75. The third-order valence-electron chi connectivity index (χ3n) is 2.22. The van der Waals surface area contributed by atoms with Crippen LogP contribution in [0.25, 0.3) is 0 Å². The summed E-state index contributed by atoms with van der Waals surface area (Å²) in [7, 11) is 0. The van der Waals surface area contributed by atoms with Crippen molar-refractivity contribution < 1.29 is 18.3 Å². The molecule has 0 amide bonds. The Morgan fingerprint density at radius 3 is 2.50 bits per heavy atom. The average molecular weight is 313 g/mol. The van der Waals surface area contributed by atoms with Crippen molar-refractivity contribution in [1.82, 2.24) is 0 Å². The SMILES string of the molecule is O=Cc1cc(Br)ccc1Oc1ccc(F)c(F)c1. The van der Waals surface area contributed by atoms with E-state index in [1.54, 1.807) is 18.2 Å². The molecule has 0 fully saturated rings. The summed E-state index contributed by atoms with van der Waals surface area (Å²) in [6.45, 7) is 0. The summed E-state index contributed by atoms with van der Waals surface area (Å²) in [5, 5.41) is 0. The highest BCUT2D eigenvalue weighted by Crippen LogP contribution is 2.27. The number of rotatable bonds is 3. The Morgan fingerprint density at radius 2 is 1.83 bits per heavy atom. The summed E-state index contributed by atoms with van der Waals surface area (Å²) in [4.78, 5) is 10.9. The molecule has 0 radical (unpaired) electrons. The first-order valence-corrected chi connectivity index (χ1v) is 5.77. The first-order chi connectivity index (χ1) is 8.60. The minimum Gasteiger partial charge on any atom is -0.457 e. The Balaban J connectivity index is 2.33. The van der Waals surface area contributed by atoms with Crippen LogP contribution in [0.4, 0.5) is 8.78 Å². The van der Waals surface area contributed by atoms with Gasteiger partial charge in [-0.05, 0) is 30.3 Å². The molecule has 0 spiro atoms. The lowest BCUT2D eigenvalue weighted by atomic mass is 10.2. The Labute approximate surface area is 110 Å². The van der Waals surface area contributed by atoms with Gasteiger partial charge in [0.05, 0.1) is 5.56 Å². The fraction of sp³-hybridized carbons (Fsp3) is 0. The van der Waals surface area contributed by atoms with Gasteiger partial charge in [0.15, 0.2) is 17.9 Å². The maximum Gasteiger partial charge on any atom is 0.162 e. The van der Waals surface area contributed by atoms with Crippen molar-refractivity contribution in [2.75, 3.05) is 0 Å². The summed E-state index contributed by atoms with van der Waals surface area (Å²) in [5.41, 5.74) is 0.314. The first kappa shape index (κ1) is 12.7. The van der Waals surface area contributed by atoms with Crippen LogP contribution < -0.4 is 4.74 Å². The number of halogens is 3. The smallest absolute Gasteiger partial charge is 0.162 e. The molecule has 0 bridgehead atoms. The van der Waals surface area contributed by atoms with Gasteiger partial charge in [-0.1, -0.05) is 15.9 Å². The van der Waals surface area contributed by atoms with E-state index in [9.17, 15) is 13.6 Å². The lowest BCUT2D eigenvalue weighted by molar-refractivity contribution is 0.112. The number of hydrogen-bond donors (Lipinski definition) is 0. The second-order valence-corrected chi connectivity index (χ2v) is 4.39. The number of carbonyl (C=O) groups is 1. The van der Waals surface area contributed by atoms with Gasteiger partial charge < -0.3 is 4.74 Å². The van der Waals surface area contributed by atoms with E-state index in [-0.39, 0.29) is 11.5 Å². The number of hydrogen-bond acceptors (Lipinski definition) is 2. The van der Waals surface area contributed by atoms with Gasteiger partial charge in [0.1, 0.15) is 11.5 Å². The van der Waals surface area contributed by atoms with Crippen LogP contribution in [0.15, 0.2) is 40.9 Å². The molecular formula is C13H7BrF2O2. The molecule has 92 valence electrons. The lowest BCUT2D eigenvalue weighted by Gasteiger charge is -2.08. The molecule has 2 nitrogen and oxygen atoms in total. The van der Waals surface area contributed by atoms with Crippen molar-refractivity contribution in [2.24, 2.45) is 0 Å². The van der Waals surface area contributed by atoms with Crippen molar-refractivity contribution in [3.8, 4) is 11.5 Å². The van der Waals surface area contributed by atoms with E-state index in [4.69, 9.17) is 4.74 Å². The zero-order valence-corrected chi connectivity index (χ0v) is 10.6. The normalized spacial score (nSPS) is 10.2. The highest BCUT2D eigenvalue weighted by atomic mass is 79.9. The Morgan fingerprint density at radius 1 is 1.06 bits per heavy atom. The van der Waals surface area contributed by atoms with Crippen molar-refractivity contribution >= 4 is 22.2 Å². The van der Waals surface area contributed by atoms with Crippen LogP contribution in [0, 0.1) is 11.6 Å². The summed E-state index contributed by atoms with van der Waals surface area (Å²) in [6, 6.07) is 7.99. The third kappa shape index (κ3) is 2.73. The lowest BCUT2D eigenvalue weighted by Crippen LogP contribution is -1.92. The molecule has 0 atom stereocenters. The molecule has 0 aliphatic heterocycles. The molecule has 0 N–H and O–H groups in total. The van der Waals surface area contributed by atoms with Gasteiger partial charge in [-0.25, -0.2) is 8.78 Å². The molecule has 18 heavy (non-hydrogen) atoms. The van der Waals surface area contributed by atoms with E-state index in [0.29, 0.717) is 11.8 Å². The van der Waals surface area contributed by atoms with E-state index in [1.807, 2.05) is 0 Å². The van der Waals surface area contributed by atoms with Crippen LogP contribution in [-0.2, 0) is 0 Å². The molecule has 0 saturated carbocycles. The fourth-order valence-electron chi connectivity index (χ4n) is 1.37. The third-order valence-corrected chi connectivity index (χ3v) is 2.71. The predicted molar refractivity (Wildman–Crippen MR) is 66.0 cm³/mol. The van der Waals surface area contributed by atoms with Gasteiger partial charge in [0.25, 0.3) is 0 Å². The number of aldehydes is 1. The Bertz CT molecular complexity index is 600. The quantitative estimate of drug-likeness (QED) is 0.788. The van der Waals surface area contributed by atoms with Gasteiger partial charge in [0.2, 0.25) is 0 Å². The second kappa shape index (κ2) is 5.27. The molecule has 0 unspecified atom stereocenters. The zero-order valence-electron chi connectivity index (χ0n) is 8.99. The van der Waals surface area contributed by atoms with Crippen LogP contribution in [0.5, 0.6) is 11.5 Å². The number of ether oxygens (including phenoxy) is 1. The predicted octanol–water partition coefficient (Wildman–Crippen LogP) is 4.33. The zero-order chi connectivity index (χ0) is 13.1. The first-order valence-electron chi connectivity index (χ1n) is 4.98. The monoisotopic (exact) mass is 312 g/mol. The van der Waals surface area contributed by atoms with Crippen LogP contribution in [0.3, 0.4) is 0 Å². The minimum absolute atomic E-state index is 0.124. The fourth-order valence-corrected chi connectivity index (χ4v) is 1.75. The van der Waals surface area contributed by atoms with Gasteiger partial charge in [-0.15, -0.1) is 0 Å². The molecule has 0 heterocycles. The molecule has 2 rings (SSSR count). The van der Waals surface area contributed by atoms with Crippen molar-refractivity contribution in [3.05, 3.63) is 58.1 Å². The molecule has 0 aliphatic rings. The number of benzene rings is 2. The van der Waals surface area contributed by atoms with Crippen LogP contribution >= 0.6 is 15.9 Å². The van der Waals surface area contributed by atoms with Crippen LogP contribution in [0.2, 0.25) is 0 Å². The summed E-state index contributed by atoms with van der Waals surface area (Å²) >= 11 is 3.22. The molecule has 0 aromatic heterocycles. The van der Waals surface area contributed by atoms with Gasteiger partial charge in [-0.3, -0.25) is 4.79 Å². The van der Waals surface area contributed by atoms with E-state index in [0.717, 1.165) is 16.6 Å². The number of carbonyl (C=O) groups excluding carboxylic acids is 1. The van der Waals surface area contributed by atoms with Crippen molar-refractivity contribution in [1.29, 1.82) is 0 Å². The van der Waals surface area contributed by atoms with Crippen molar-refractivity contribution in [3.63, 3.8) is 0 Å². The molecule has 2 aromatic carbocycles. The van der Waals surface area contributed by atoms with Crippen LogP contribution in [-0.4, -0.2) is 6.29 Å². The molecule has 2 aromatic rings. The largest absolute Gasteiger partial charge is 0.457 e. The van der Waals surface area contributed by atoms with E-state index in [1.165, 1.54) is 6.07 Å². The summed E-state index contributed by atoms with van der Waals surface area (Å²) in [5.74, 6) is -1.55. The standard InChI is InChI=1S/C13H7BrF2O2/c14-9-1-4-13(8(5-9)7-17)18-10-2-3-11(15)12(16)6-10/h1-7H. The highest BCUT2D eigenvalue weighted by Gasteiger charge is 2.08. The van der Waals surface area contributed by atoms with Gasteiger partial charge >= 0.3 is 0 Å². The molecule has 0 saturated heterocycles. The van der Waals surface area contributed by atoms with Gasteiger partial charge in [-0.2, -0.15) is 0 Å². The topological polar surface area (TPSA) is 26.3 Å². The summed E-state index contributed by atoms with van der Waals surface area (Å²) < 4.78 is 31.8. The highest BCUT2D eigenvalue weighted by molar-refractivity contribution is 9.10. The van der Waals surface area contributed by atoms with E-state index < -0.39 is 11.6 Å². The summed E-state index contributed by atoms with van der Waals surface area (Å²) in [6.07, 6.45) is 0.625. The molecular weight excluding hydrogens is 306 g/mol. The Kier molecular flexibility index (Phi) is 3.72.